The molecular formula is C14H18N2O3. The highest BCUT2D eigenvalue weighted by atomic mass is 16.4. The van der Waals surface area contributed by atoms with E-state index >= 15 is 0 Å². The summed E-state index contributed by atoms with van der Waals surface area (Å²) in [5.41, 5.74) is 1.77. The Morgan fingerprint density at radius 2 is 1.95 bits per heavy atom. The van der Waals surface area contributed by atoms with Crippen molar-refractivity contribution in [1.82, 2.24) is 10.2 Å². The summed E-state index contributed by atoms with van der Waals surface area (Å²) in [4.78, 5) is 23.5. The highest BCUT2D eigenvalue weighted by Crippen LogP contribution is 2.06. The van der Waals surface area contributed by atoms with Crippen LogP contribution in [0.15, 0.2) is 30.3 Å². The summed E-state index contributed by atoms with van der Waals surface area (Å²) < 4.78 is 0. The topological polar surface area (TPSA) is 69.6 Å². The van der Waals surface area contributed by atoms with Crippen LogP contribution in [0, 0.1) is 0 Å². The molecule has 0 aliphatic carbocycles. The summed E-state index contributed by atoms with van der Waals surface area (Å²) in [5.74, 6) is -0.973. The molecule has 19 heavy (non-hydrogen) atoms. The third-order valence-electron chi connectivity index (χ3n) is 2.66. The largest absolute Gasteiger partial charge is 0.478 e. The predicted molar refractivity (Wildman–Crippen MR) is 73.7 cm³/mol. The molecule has 1 aromatic rings. The molecule has 0 unspecified atom stereocenters. The van der Waals surface area contributed by atoms with Crippen molar-refractivity contribution in [2.24, 2.45) is 0 Å². The molecule has 1 aromatic carbocycles. The van der Waals surface area contributed by atoms with Crippen molar-refractivity contribution >= 4 is 18.1 Å². The van der Waals surface area contributed by atoms with Crippen LogP contribution in [0.4, 0.5) is 4.79 Å². The summed E-state index contributed by atoms with van der Waals surface area (Å²) in [6.45, 7) is 3.01. The lowest BCUT2D eigenvalue weighted by atomic mass is 10.1. The van der Waals surface area contributed by atoms with Crippen LogP contribution in [0.5, 0.6) is 0 Å². The smallest absolute Gasteiger partial charge is 0.328 e. The van der Waals surface area contributed by atoms with Gasteiger partial charge in [0.25, 0.3) is 0 Å². The number of carbonyl (C=O) groups excluding carboxylic acids is 1. The Kier molecular flexibility index (Phi) is 5.60. The van der Waals surface area contributed by atoms with E-state index in [-0.39, 0.29) is 6.03 Å². The van der Waals surface area contributed by atoms with Gasteiger partial charge >= 0.3 is 12.0 Å². The summed E-state index contributed by atoms with van der Waals surface area (Å²) in [6.07, 6.45) is 2.61. The maximum atomic E-state index is 11.5. The molecule has 102 valence electrons. The molecule has 2 amide bonds. The van der Waals surface area contributed by atoms with Crippen LogP contribution in [0.2, 0.25) is 0 Å². The first-order valence-electron chi connectivity index (χ1n) is 6.02. The molecule has 0 radical (unpaired) electrons. The molecule has 0 aliphatic heterocycles. The van der Waals surface area contributed by atoms with E-state index in [9.17, 15) is 9.59 Å². The number of aliphatic carboxylic acids is 1. The molecule has 0 saturated carbocycles. The van der Waals surface area contributed by atoms with E-state index in [1.54, 1.807) is 11.9 Å². The van der Waals surface area contributed by atoms with E-state index in [1.165, 1.54) is 6.08 Å². The molecule has 0 heterocycles. The second-order valence-corrected chi connectivity index (χ2v) is 4.09. The van der Waals surface area contributed by atoms with Crippen molar-refractivity contribution < 1.29 is 14.7 Å². The second kappa shape index (κ2) is 7.20. The Balaban J connectivity index is 2.53. The van der Waals surface area contributed by atoms with Crippen LogP contribution in [0.25, 0.3) is 6.08 Å². The molecule has 5 heteroatoms. The van der Waals surface area contributed by atoms with Crippen molar-refractivity contribution in [1.29, 1.82) is 0 Å². The first-order chi connectivity index (χ1) is 9.02. The first-order valence-corrected chi connectivity index (χ1v) is 6.02. The lowest BCUT2D eigenvalue weighted by Gasteiger charge is -2.15. The Morgan fingerprint density at radius 3 is 2.47 bits per heavy atom. The van der Waals surface area contributed by atoms with Crippen molar-refractivity contribution in [3.05, 3.63) is 41.5 Å². The second-order valence-electron chi connectivity index (χ2n) is 4.09. The fraction of sp³-hybridized carbons (Fsp3) is 0.286. The zero-order chi connectivity index (χ0) is 14.3. The van der Waals surface area contributed by atoms with Gasteiger partial charge in [-0.15, -0.1) is 0 Å². The number of benzene rings is 1. The number of amides is 2. The summed E-state index contributed by atoms with van der Waals surface area (Å²) in [7, 11) is 1.73. The normalized spacial score (nSPS) is 10.4. The molecule has 0 bridgehead atoms. The maximum Gasteiger partial charge on any atom is 0.328 e. The highest BCUT2D eigenvalue weighted by molar-refractivity contribution is 5.85. The third kappa shape index (κ3) is 5.25. The minimum atomic E-state index is -0.973. The van der Waals surface area contributed by atoms with E-state index < -0.39 is 5.97 Å². The quantitative estimate of drug-likeness (QED) is 0.797. The molecule has 1 rings (SSSR count). The molecular weight excluding hydrogens is 244 g/mol. The number of urea groups is 1. The summed E-state index contributed by atoms with van der Waals surface area (Å²) in [5, 5.41) is 11.3. The van der Waals surface area contributed by atoms with E-state index in [0.29, 0.717) is 13.1 Å². The van der Waals surface area contributed by atoms with Crippen LogP contribution in [0.3, 0.4) is 0 Å². The Labute approximate surface area is 112 Å². The zero-order valence-electron chi connectivity index (χ0n) is 11.1. The van der Waals surface area contributed by atoms with Crippen LogP contribution < -0.4 is 5.32 Å². The zero-order valence-corrected chi connectivity index (χ0v) is 11.1. The van der Waals surface area contributed by atoms with Crippen LogP contribution >= 0.6 is 0 Å². The minimum absolute atomic E-state index is 0.114. The number of nitrogens with one attached hydrogen (secondary N) is 1. The number of carboxylic acids is 1. The molecule has 0 fully saturated rings. The van der Waals surface area contributed by atoms with Crippen molar-refractivity contribution in [3.8, 4) is 0 Å². The Bertz CT molecular complexity index is 466. The highest BCUT2D eigenvalue weighted by Gasteiger charge is 2.04. The lowest BCUT2D eigenvalue weighted by Crippen LogP contribution is -2.36. The lowest BCUT2D eigenvalue weighted by molar-refractivity contribution is -0.131. The van der Waals surface area contributed by atoms with Gasteiger partial charge in [-0.1, -0.05) is 24.3 Å². The molecule has 2 N–H and O–H groups in total. The van der Waals surface area contributed by atoms with E-state index in [4.69, 9.17) is 5.11 Å². The van der Waals surface area contributed by atoms with Gasteiger partial charge in [-0.2, -0.15) is 0 Å². The summed E-state index contributed by atoms with van der Waals surface area (Å²) >= 11 is 0. The van der Waals surface area contributed by atoms with Crippen LogP contribution in [0.1, 0.15) is 18.1 Å². The van der Waals surface area contributed by atoms with Gasteiger partial charge in [0.15, 0.2) is 0 Å². The Morgan fingerprint density at radius 1 is 1.32 bits per heavy atom. The van der Waals surface area contributed by atoms with Gasteiger partial charge in [0.2, 0.25) is 0 Å². The number of carbonyl (C=O) groups is 2. The average molecular weight is 262 g/mol. The Hall–Kier alpha value is -2.30. The molecule has 5 nitrogen and oxygen atoms in total. The number of carboxylic acid groups (broad SMARTS) is 1. The van der Waals surface area contributed by atoms with Gasteiger partial charge in [-0.05, 0) is 24.1 Å². The average Bonchev–Trinajstić information content (AvgIpc) is 2.42. The van der Waals surface area contributed by atoms with Gasteiger partial charge in [0, 0.05) is 26.2 Å². The molecule has 0 atom stereocenters. The van der Waals surface area contributed by atoms with E-state index in [2.05, 4.69) is 5.32 Å². The van der Waals surface area contributed by atoms with Gasteiger partial charge in [-0.25, -0.2) is 9.59 Å². The fourth-order valence-corrected chi connectivity index (χ4v) is 1.37. The molecule has 0 saturated heterocycles. The fourth-order valence-electron chi connectivity index (χ4n) is 1.37. The van der Waals surface area contributed by atoms with Crippen LogP contribution in [-0.2, 0) is 11.3 Å². The SMILES string of the molecule is CCN(C)C(=O)NCc1ccc(C=CC(=O)O)cc1. The third-order valence-corrected chi connectivity index (χ3v) is 2.66. The van der Waals surface area contributed by atoms with Crippen LogP contribution in [-0.4, -0.2) is 35.6 Å². The molecule has 0 aliphatic rings. The maximum absolute atomic E-state index is 11.5. The number of hydrogen-bond donors (Lipinski definition) is 2. The van der Waals surface area contributed by atoms with Crippen molar-refractivity contribution in [2.45, 2.75) is 13.5 Å². The molecule has 0 aromatic heterocycles. The standard InChI is InChI=1S/C14H18N2O3/c1-3-16(2)14(19)15-10-12-6-4-11(5-7-12)8-9-13(17)18/h4-9H,3,10H2,1-2H3,(H,15,19)(H,17,18). The van der Waals surface area contributed by atoms with Gasteiger partial charge in [0.05, 0.1) is 0 Å². The number of nitrogens with zero attached hydrogens (tertiary/aromatic N) is 1. The van der Waals surface area contributed by atoms with E-state index in [1.807, 2.05) is 31.2 Å². The van der Waals surface area contributed by atoms with Gasteiger partial charge in [-0.3, -0.25) is 0 Å². The van der Waals surface area contributed by atoms with Gasteiger partial charge < -0.3 is 15.3 Å². The first kappa shape index (κ1) is 14.8. The monoisotopic (exact) mass is 262 g/mol. The number of rotatable bonds is 5. The minimum Gasteiger partial charge on any atom is -0.478 e. The molecule has 0 spiro atoms. The summed E-state index contributed by atoms with van der Waals surface area (Å²) in [6, 6.07) is 7.22. The predicted octanol–water partition coefficient (Wildman–Crippen LogP) is 1.95. The van der Waals surface area contributed by atoms with Gasteiger partial charge in [0.1, 0.15) is 0 Å². The van der Waals surface area contributed by atoms with Crippen molar-refractivity contribution in [2.75, 3.05) is 13.6 Å². The van der Waals surface area contributed by atoms with E-state index in [0.717, 1.165) is 17.2 Å². The van der Waals surface area contributed by atoms with Crippen molar-refractivity contribution in [3.63, 3.8) is 0 Å². The number of hydrogen-bond acceptors (Lipinski definition) is 2.